The van der Waals surface area contributed by atoms with Crippen LogP contribution in [0, 0.1) is 13.8 Å². The lowest BCUT2D eigenvalue weighted by molar-refractivity contribution is 0.102. The predicted octanol–water partition coefficient (Wildman–Crippen LogP) is 4.50. The number of benzene rings is 3. The SMILES string of the molecule is Cc1ccc(C(=O)Nc2cccc(CN3CCN(C)CC3)c2C)cc1-c1ccc2nc(N)ncc2c1. The summed E-state index contributed by atoms with van der Waals surface area (Å²) in [5.74, 6) is 0.140. The maximum atomic E-state index is 13.3. The van der Waals surface area contributed by atoms with E-state index in [1.54, 1.807) is 6.20 Å². The second-order valence-electron chi connectivity index (χ2n) is 9.65. The molecule has 0 radical (unpaired) electrons. The quantitative estimate of drug-likeness (QED) is 0.438. The topological polar surface area (TPSA) is 87.4 Å². The van der Waals surface area contributed by atoms with Gasteiger partial charge in [0, 0.05) is 55.6 Å². The van der Waals surface area contributed by atoms with Crippen molar-refractivity contribution in [3.05, 3.63) is 83.0 Å². The van der Waals surface area contributed by atoms with Gasteiger partial charge in [0.25, 0.3) is 5.91 Å². The third-order valence-electron chi connectivity index (χ3n) is 7.09. The highest BCUT2D eigenvalue weighted by Gasteiger charge is 2.17. The van der Waals surface area contributed by atoms with Gasteiger partial charge in [-0.3, -0.25) is 9.69 Å². The predicted molar refractivity (Wildman–Crippen MR) is 146 cm³/mol. The molecule has 1 saturated heterocycles. The van der Waals surface area contributed by atoms with Gasteiger partial charge < -0.3 is 16.0 Å². The molecule has 0 atom stereocenters. The minimum Gasteiger partial charge on any atom is -0.368 e. The van der Waals surface area contributed by atoms with Crippen LogP contribution in [0.25, 0.3) is 22.0 Å². The smallest absolute Gasteiger partial charge is 0.255 e. The fourth-order valence-corrected chi connectivity index (χ4v) is 4.72. The molecule has 184 valence electrons. The molecule has 3 N–H and O–H groups in total. The van der Waals surface area contributed by atoms with Gasteiger partial charge in [-0.1, -0.05) is 24.3 Å². The number of carbonyl (C=O) groups is 1. The van der Waals surface area contributed by atoms with Crippen LogP contribution in [0.15, 0.2) is 60.8 Å². The second kappa shape index (κ2) is 10.0. The van der Waals surface area contributed by atoms with Gasteiger partial charge in [0.1, 0.15) is 0 Å². The number of hydrogen-bond acceptors (Lipinski definition) is 6. The average Bonchev–Trinajstić information content (AvgIpc) is 2.87. The highest BCUT2D eigenvalue weighted by Crippen LogP contribution is 2.28. The summed E-state index contributed by atoms with van der Waals surface area (Å²) in [5, 5.41) is 4.05. The van der Waals surface area contributed by atoms with Gasteiger partial charge in [0.05, 0.1) is 5.52 Å². The number of aromatic nitrogens is 2. The van der Waals surface area contributed by atoms with Crippen molar-refractivity contribution in [3.8, 4) is 11.1 Å². The Hall–Kier alpha value is -3.81. The zero-order valence-corrected chi connectivity index (χ0v) is 21.1. The third kappa shape index (κ3) is 5.08. The molecule has 5 rings (SSSR count). The van der Waals surface area contributed by atoms with Crippen molar-refractivity contribution in [2.75, 3.05) is 44.3 Å². The lowest BCUT2D eigenvalue weighted by Crippen LogP contribution is -2.43. The van der Waals surface area contributed by atoms with E-state index in [1.165, 1.54) is 5.56 Å². The van der Waals surface area contributed by atoms with Gasteiger partial charge in [-0.15, -0.1) is 0 Å². The first-order valence-corrected chi connectivity index (χ1v) is 12.3. The van der Waals surface area contributed by atoms with E-state index in [9.17, 15) is 4.79 Å². The summed E-state index contributed by atoms with van der Waals surface area (Å²) < 4.78 is 0. The number of carbonyl (C=O) groups excluding carboxylic acids is 1. The number of likely N-dealkylation sites (N-methyl/N-ethyl adjacent to an activating group) is 1. The van der Waals surface area contributed by atoms with Crippen LogP contribution in [0.4, 0.5) is 11.6 Å². The van der Waals surface area contributed by atoms with Crippen LogP contribution in [0.2, 0.25) is 0 Å². The Kier molecular flexibility index (Phi) is 6.67. The van der Waals surface area contributed by atoms with Crippen molar-refractivity contribution in [2.45, 2.75) is 20.4 Å². The minimum atomic E-state index is -0.118. The molecule has 1 aliphatic rings. The Morgan fingerprint density at radius 2 is 1.83 bits per heavy atom. The molecular formula is C29H32N6O. The Labute approximate surface area is 212 Å². The van der Waals surface area contributed by atoms with Crippen molar-refractivity contribution in [1.29, 1.82) is 0 Å². The van der Waals surface area contributed by atoms with Crippen LogP contribution in [-0.2, 0) is 6.54 Å². The molecule has 0 bridgehead atoms. The van der Waals surface area contributed by atoms with E-state index in [4.69, 9.17) is 5.73 Å². The third-order valence-corrected chi connectivity index (χ3v) is 7.09. The summed E-state index contributed by atoms with van der Waals surface area (Å²) in [6, 6.07) is 18.0. The number of anilines is 2. The van der Waals surface area contributed by atoms with Crippen LogP contribution in [0.5, 0.6) is 0 Å². The van der Waals surface area contributed by atoms with E-state index >= 15 is 0 Å². The lowest BCUT2D eigenvalue weighted by atomic mass is 9.96. The van der Waals surface area contributed by atoms with E-state index in [1.807, 2.05) is 55.5 Å². The van der Waals surface area contributed by atoms with E-state index in [0.29, 0.717) is 5.56 Å². The van der Waals surface area contributed by atoms with Gasteiger partial charge in [0.2, 0.25) is 5.95 Å². The van der Waals surface area contributed by atoms with Crippen molar-refractivity contribution in [2.24, 2.45) is 0 Å². The van der Waals surface area contributed by atoms with Gasteiger partial charge in [-0.05, 0) is 79.0 Å². The zero-order chi connectivity index (χ0) is 25.2. The second-order valence-corrected chi connectivity index (χ2v) is 9.65. The summed E-state index contributed by atoms with van der Waals surface area (Å²) in [6.45, 7) is 9.33. The van der Waals surface area contributed by atoms with E-state index in [2.05, 4.69) is 45.1 Å². The van der Waals surface area contributed by atoms with Crippen LogP contribution < -0.4 is 11.1 Å². The Balaban J connectivity index is 1.37. The molecule has 0 aliphatic carbocycles. The number of nitrogens with zero attached hydrogens (tertiary/aromatic N) is 4. The van der Waals surface area contributed by atoms with Gasteiger partial charge in [-0.25, -0.2) is 9.97 Å². The first-order valence-electron chi connectivity index (χ1n) is 12.3. The highest BCUT2D eigenvalue weighted by molar-refractivity contribution is 6.05. The van der Waals surface area contributed by atoms with Crippen molar-refractivity contribution in [3.63, 3.8) is 0 Å². The monoisotopic (exact) mass is 480 g/mol. The molecule has 1 fully saturated rings. The van der Waals surface area contributed by atoms with E-state index in [-0.39, 0.29) is 11.9 Å². The molecule has 1 aromatic heterocycles. The summed E-state index contributed by atoms with van der Waals surface area (Å²) in [4.78, 5) is 26.5. The largest absolute Gasteiger partial charge is 0.368 e. The van der Waals surface area contributed by atoms with Crippen LogP contribution in [-0.4, -0.2) is 58.9 Å². The Morgan fingerprint density at radius 1 is 1.03 bits per heavy atom. The fraction of sp³-hybridized carbons (Fsp3) is 0.276. The summed E-state index contributed by atoms with van der Waals surface area (Å²) >= 11 is 0. The Morgan fingerprint density at radius 3 is 2.64 bits per heavy atom. The van der Waals surface area contributed by atoms with Gasteiger partial charge in [-0.2, -0.15) is 0 Å². The number of rotatable bonds is 5. The summed E-state index contributed by atoms with van der Waals surface area (Å²) in [5.41, 5.74) is 13.5. The molecule has 7 heteroatoms. The average molecular weight is 481 g/mol. The standard InChI is InChI=1S/C29H32N6O/c1-19-7-8-22(16-25(19)21-9-10-27-24(15-21)17-31-29(30)33-27)28(36)32-26-6-4-5-23(20(26)2)18-35-13-11-34(3)12-14-35/h4-10,15-17H,11-14,18H2,1-3H3,(H,32,36)(H2,30,31,33). The highest BCUT2D eigenvalue weighted by atomic mass is 16.1. The number of nitrogens with two attached hydrogens (primary N) is 1. The first-order chi connectivity index (χ1) is 17.4. The van der Waals surface area contributed by atoms with E-state index < -0.39 is 0 Å². The molecular weight excluding hydrogens is 448 g/mol. The number of fused-ring (bicyclic) bond motifs is 1. The minimum absolute atomic E-state index is 0.118. The maximum absolute atomic E-state index is 13.3. The Bertz CT molecular complexity index is 1420. The molecule has 36 heavy (non-hydrogen) atoms. The number of aryl methyl sites for hydroxylation is 1. The van der Waals surface area contributed by atoms with Crippen molar-refractivity contribution in [1.82, 2.24) is 19.8 Å². The molecule has 2 heterocycles. The van der Waals surface area contributed by atoms with Gasteiger partial charge >= 0.3 is 0 Å². The fourth-order valence-electron chi connectivity index (χ4n) is 4.72. The number of nitrogens with one attached hydrogen (secondary N) is 1. The number of piperazine rings is 1. The molecule has 4 aromatic rings. The lowest BCUT2D eigenvalue weighted by Gasteiger charge is -2.32. The number of amides is 1. The molecule has 0 unspecified atom stereocenters. The van der Waals surface area contributed by atoms with Crippen molar-refractivity contribution >= 4 is 28.4 Å². The zero-order valence-electron chi connectivity index (χ0n) is 21.1. The first kappa shape index (κ1) is 23.9. The molecule has 0 saturated carbocycles. The molecule has 3 aromatic carbocycles. The molecule has 1 amide bonds. The molecule has 1 aliphatic heterocycles. The van der Waals surface area contributed by atoms with Crippen LogP contribution in [0.3, 0.4) is 0 Å². The van der Waals surface area contributed by atoms with E-state index in [0.717, 1.165) is 71.6 Å². The molecule has 0 spiro atoms. The van der Waals surface area contributed by atoms with Crippen molar-refractivity contribution < 1.29 is 4.79 Å². The maximum Gasteiger partial charge on any atom is 0.255 e. The van der Waals surface area contributed by atoms with Gasteiger partial charge in [0.15, 0.2) is 0 Å². The number of hydrogen-bond donors (Lipinski definition) is 2. The molecule has 7 nitrogen and oxygen atoms in total. The summed E-state index contributed by atoms with van der Waals surface area (Å²) in [7, 11) is 2.17. The number of nitrogen functional groups attached to an aromatic ring is 1. The summed E-state index contributed by atoms with van der Waals surface area (Å²) in [6.07, 6.45) is 1.73. The van der Waals surface area contributed by atoms with Crippen LogP contribution >= 0.6 is 0 Å². The normalized spacial score (nSPS) is 14.8. The van der Waals surface area contributed by atoms with Crippen LogP contribution in [0.1, 0.15) is 27.0 Å².